The minimum atomic E-state index is -4.47. The molecule has 0 bridgehead atoms. The fourth-order valence-corrected chi connectivity index (χ4v) is 2.28. The van der Waals surface area contributed by atoms with Gasteiger partial charge in [0.25, 0.3) is 5.91 Å². The molecule has 128 valence electrons. The largest absolute Gasteiger partial charge is 0.416 e. The number of anilines is 1. The number of hydrogen-bond acceptors (Lipinski definition) is 4. The number of nitrogens with one attached hydrogen (secondary N) is 1. The third-order valence-corrected chi connectivity index (χ3v) is 3.53. The monoisotopic (exact) mass is 367 g/mol. The molecule has 1 amide bonds. The van der Waals surface area contributed by atoms with Crippen LogP contribution in [0.25, 0.3) is 11.3 Å². The second kappa shape index (κ2) is 6.56. The summed E-state index contributed by atoms with van der Waals surface area (Å²) < 4.78 is 42.3. The van der Waals surface area contributed by atoms with E-state index in [2.05, 4.69) is 20.3 Å². The smallest absolute Gasteiger partial charge is 0.302 e. The average molecular weight is 368 g/mol. The molecule has 0 aliphatic rings. The van der Waals surface area contributed by atoms with Crippen molar-refractivity contribution in [3.63, 3.8) is 0 Å². The van der Waals surface area contributed by atoms with Crippen molar-refractivity contribution in [3.05, 3.63) is 64.7 Å². The van der Waals surface area contributed by atoms with Crippen LogP contribution in [0, 0.1) is 0 Å². The topological polar surface area (TPSA) is 68.0 Å². The van der Waals surface area contributed by atoms with Crippen LogP contribution in [-0.4, -0.2) is 16.2 Å². The molecule has 0 spiro atoms. The third kappa shape index (κ3) is 3.80. The maximum absolute atomic E-state index is 12.6. The first-order valence-electron chi connectivity index (χ1n) is 6.92. The molecule has 9 heteroatoms. The summed E-state index contributed by atoms with van der Waals surface area (Å²) in [5.41, 5.74) is 0.0130. The Kier molecular flexibility index (Phi) is 4.45. The molecule has 5 nitrogen and oxygen atoms in total. The zero-order valence-corrected chi connectivity index (χ0v) is 13.1. The summed E-state index contributed by atoms with van der Waals surface area (Å²) in [5.74, 6) is -0.611. The predicted octanol–water partition coefficient (Wildman–Crippen LogP) is 4.66. The Balaban J connectivity index is 1.82. The summed E-state index contributed by atoms with van der Waals surface area (Å²) in [6.45, 7) is 0. The van der Waals surface area contributed by atoms with E-state index in [1.165, 1.54) is 0 Å². The van der Waals surface area contributed by atoms with Gasteiger partial charge in [-0.3, -0.25) is 4.79 Å². The van der Waals surface area contributed by atoms with E-state index in [-0.39, 0.29) is 17.1 Å². The lowest BCUT2D eigenvalue weighted by Crippen LogP contribution is -2.13. The van der Waals surface area contributed by atoms with E-state index in [4.69, 9.17) is 11.6 Å². The van der Waals surface area contributed by atoms with Crippen molar-refractivity contribution in [2.75, 3.05) is 5.32 Å². The van der Waals surface area contributed by atoms with Crippen molar-refractivity contribution in [3.8, 4) is 11.3 Å². The van der Waals surface area contributed by atoms with Gasteiger partial charge >= 0.3 is 6.18 Å². The Morgan fingerprint density at radius 1 is 1.08 bits per heavy atom. The van der Waals surface area contributed by atoms with Gasteiger partial charge in [-0.05, 0) is 46.7 Å². The van der Waals surface area contributed by atoms with Gasteiger partial charge in [-0.25, -0.2) is 4.63 Å². The van der Waals surface area contributed by atoms with Gasteiger partial charge in [-0.1, -0.05) is 23.7 Å². The van der Waals surface area contributed by atoms with Crippen LogP contribution in [0.1, 0.15) is 15.9 Å². The Labute approximate surface area is 144 Å². The SMILES string of the molecule is O=C(Nc1nonc1-c1cccc(Cl)c1)c1ccc(C(F)(F)F)cc1. The van der Waals surface area contributed by atoms with E-state index >= 15 is 0 Å². The predicted molar refractivity (Wildman–Crippen MR) is 84.1 cm³/mol. The highest BCUT2D eigenvalue weighted by Gasteiger charge is 2.30. The minimum absolute atomic E-state index is 0.0344. The fraction of sp³-hybridized carbons (Fsp3) is 0.0625. The molecule has 3 aromatic rings. The summed E-state index contributed by atoms with van der Waals surface area (Å²) >= 11 is 5.91. The minimum Gasteiger partial charge on any atom is -0.302 e. The van der Waals surface area contributed by atoms with Crippen LogP contribution in [0.3, 0.4) is 0 Å². The number of carbonyl (C=O) groups excluding carboxylic acids is 1. The van der Waals surface area contributed by atoms with E-state index < -0.39 is 17.6 Å². The molecular formula is C16H9ClF3N3O2. The van der Waals surface area contributed by atoms with Crippen LogP contribution in [-0.2, 0) is 6.18 Å². The maximum atomic E-state index is 12.6. The molecule has 0 aliphatic heterocycles. The second-order valence-electron chi connectivity index (χ2n) is 5.00. The number of carbonyl (C=O) groups is 1. The quantitative estimate of drug-likeness (QED) is 0.731. The number of alkyl halides is 3. The van der Waals surface area contributed by atoms with Gasteiger partial charge in [0.15, 0.2) is 5.69 Å². The number of amides is 1. The highest BCUT2D eigenvalue weighted by atomic mass is 35.5. The van der Waals surface area contributed by atoms with E-state index in [0.717, 1.165) is 24.3 Å². The van der Waals surface area contributed by atoms with Crippen LogP contribution < -0.4 is 5.32 Å². The first kappa shape index (κ1) is 17.0. The van der Waals surface area contributed by atoms with Gasteiger partial charge in [0.1, 0.15) is 0 Å². The summed E-state index contributed by atoms with van der Waals surface area (Å²) in [4.78, 5) is 12.2. The second-order valence-corrected chi connectivity index (χ2v) is 5.44. The van der Waals surface area contributed by atoms with Crippen LogP contribution in [0.15, 0.2) is 53.2 Å². The van der Waals surface area contributed by atoms with Gasteiger partial charge in [0.05, 0.1) is 5.56 Å². The molecule has 0 radical (unpaired) electrons. The first-order chi connectivity index (χ1) is 11.8. The highest BCUT2D eigenvalue weighted by molar-refractivity contribution is 6.30. The van der Waals surface area contributed by atoms with E-state index in [1.54, 1.807) is 24.3 Å². The van der Waals surface area contributed by atoms with E-state index in [0.29, 0.717) is 10.6 Å². The summed E-state index contributed by atoms with van der Waals surface area (Å²) in [5, 5.41) is 10.2. The standard InChI is InChI=1S/C16H9ClF3N3O2/c17-12-3-1-2-10(8-12)13-14(23-25-22-13)21-15(24)9-4-6-11(7-5-9)16(18,19)20/h1-8H,(H,21,23,24). The Morgan fingerprint density at radius 2 is 1.80 bits per heavy atom. The Morgan fingerprint density at radius 3 is 2.44 bits per heavy atom. The zero-order chi connectivity index (χ0) is 18.0. The lowest BCUT2D eigenvalue weighted by Gasteiger charge is -2.07. The van der Waals surface area contributed by atoms with Gasteiger partial charge < -0.3 is 5.32 Å². The van der Waals surface area contributed by atoms with Crippen molar-refractivity contribution >= 4 is 23.3 Å². The molecule has 0 saturated carbocycles. The van der Waals surface area contributed by atoms with Crippen molar-refractivity contribution in [1.82, 2.24) is 10.3 Å². The lowest BCUT2D eigenvalue weighted by atomic mass is 10.1. The lowest BCUT2D eigenvalue weighted by molar-refractivity contribution is -0.137. The normalized spacial score (nSPS) is 11.4. The number of benzene rings is 2. The third-order valence-electron chi connectivity index (χ3n) is 3.29. The molecule has 1 aromatic heterocycles. The van der Waals surface area contributed by atoms with Gasteiger partial charge in [0.2, 0.25) is 5.82 Å². The van der Waals surface area contributed by atoms with Crippen LogP contribution in [0.2, 0.25) is 5.02 Å². The maximum Gasteiger partial charge on any atom is 0.416 e. The molecule has 0 fully saturated rings. The first-order valence-corrected chi connectivity index (χ1v) is 7.29. The number of halogens is 4. The van der Waals surface area contributed by atoms with Gasteiger partial charge in [-0.2, -0.15) is 13.2 Å². The van der Waals surface area contributed by atoms with Crippen molar-refractivity contribution in [2.24, 2.45) is 0 Å². The molecule has 0 unspecified atom stereocenters. The van der Waals surface area contributed by atoms with Crippen molar-refractivity contribution in [1.29, 1.82) is 0 Å². The zero-order valence-electron chi connectivity index (χ0n) is 12.3. The van der Waals surface area contributed by atoms with Crippen molar-refractivity contribution < 1.29 is 22.6 Å². The Bertz CT molecular complexity index is 907. The van der Waals surface area contributed by atoms with Gasteiger partial charge in [-0.15, -0.1) is 0 Å². The molecule has 3 rings (SSSR count). The summed E-state index contributed by atoms with van der Waals surface area (Å²) in [6.07, 6.45) is -4.47. The fourth-order valence-electron chi connectivity index (χ4n) is 2.09. The van der Waals surface area contributed by atoms with Crippen LogP contribution in [0.4, 0.5) is 19.0 Å². The molecule has 0 aliphatic carbocycles. The number of aromatic nitrogens is 2. The van der Waals surface area contributed by atoms with Crippen LogP contribution in [0.5, 0.6) is 0 Å². The van der Waals surface area contributed by atoms with Crippen LogP contribution >= 0.6 is 11.6 Å². The number of rotatable bonds is 3. The molecule has 1 heterocycles. The van der Waals surface area contributed by atoms with Crippen molar-refractivity contribution in [2.45, 2.75) is 6.18 Å². The molecular weight excluding hydrogens is 359 g/mol. The summed E-state index contributed by atoms with van der Waals surface area (Å²) in [7, 11) is 0. The van der Waals surface area contributed by atoms with E-state index in [1.807, 2.05) is 0 Å². The molecule has 2 aromatic carbocycles. The summed E-state index contributed by atoms with van der Waals surface area (Å²) in [6, 6.07) is 10.5. The molecule has 25 heavy (non-hydrogen) atoms. The number of hydrogen-bond donors (Lipinski definition) is 1. The molecule has 0 atom stereocenters. The van der Waals surface area contributed by atoms with E-state index in [9.17, 15) is 18.0 Å². The van der Waals surface area contributed by atoms with Gasteiger partial charge in [0, 0.05) is 16.1 Å². The molecule has 0 saturated heterocycles. The Hall–Kier alpha value is -2.87. The average Bonchev–Trinajstić information content (AvgIpc) is 3.02. The molecule has 1 N–H and O–H groups in total. The highest BCUT2D eigenvalue weighted by Crippen LogP contribution is 2.30. The number of nitrogens with zero attached hydrogens (tertiary/aromatic N) is 2.